The van der Waals surface area contributed by atoms with E-state index in [9.17, 15) is 13.2 Å². The summed E-state index contributed by atoms with van der Waals surface area (Å²) >= 11 is 0. The van der Waals surface area contributed by atoms with Crippen molar-refractivity contribution in [2.75, 3.05) is 0 Å². The molecule has 258 valence electrons. The molecular weight excluding hydrogens is 652 g/mol. The zero-order valence-electron chi connectivity index (χ0n) is 30.0. The van der Waals surface area contributed by atoms with Crippen molar-refractivity contribution in [2.24, 2.45) is 0 Å². The molecule has 8 rings (SSSR count). The Morgan fingerprint density at radius 3 is 1.52 bits per heavy atom. The minimum atomic E-state index is -4.61. The van der Waals surface area contributed by atoms with Crippen LogP contribution in [0, 0.1) is 6.57 Å². The standard InChI is InChI=1S/C46H38F3N3/c1-44(2,3)28-20-22-33-31-15-9-12-18-37(31)51(40(33)26-28)39-25-24-35(30-14-8-11-17-36(30)46(47,48)49)43(42(39)50-7)52-38-19-13-10-16-32(38)34-23-21-29(27-41(34)52)45(4,5)6/h8-27H,1-6H3. The van der Waals surface area contributed by atoms with E-state index in [0.29, 0.717) is 16.9 Å². The molecule has 6 heteroatoms. The Morgan fingerprint density at radius 2 is 0.981 bits per heavy atom. The molecule has 0 fully saturated rings. The Balaban J connectivity index is 1.59. The minimum absolute atomic E-state index is 0.0246. The molecule has 8 aromatic rings. The number of hydrogen-bond donors (Lipinski definition) is 0. The maximum Gasteiger partial charge on any atom is 0.417 e. The van der Waals surface area contributed by atoms with Crippen molar-refractivity contribution < 1.29 is 13.2 Å². The molecular formula is C46H38F3N3. The van der Waals surface area contributed by atoms with Gasteiger partial charge < -0.3 is 9.13 Å². The first-order valence-corrected chi connectivity index (χ1v) is 17.5. The molecule has 0 spiro atoms. The second kappa shape index (κ2) is 11.6. The summed E-state index contributed by atoms with van der Waals surface area (Å²) in [5.41, 5.74) is 6.29. The lowest BCUT2D eigenvalue weighted by molar-refractivity contribution is -0.137. The Morgan fingerprint density at radius 1 is 0.500 bits per heavy atom. The quantitative estimate of drug-likeness (QED) is 0.164. The van der Waals surface area contributed by atoms with Crippen LogP contribution in [-0.4, -0.2) is 9.13 Å². The van der Waals surface area contributed by atoms with Gasteiger partial charge in [0.15, 0.2) is 0 Å². The molecule has 2 heterocycles. The minimum Gasteiger partial charge on any atom is -0.319 e. The van der Waals surface area contributed by atoms with Crippen LogP contribution in [0.25, 0.3) is 71.0 Å². The summed E-state index contributed by atoms with van der Waals surface area (Å²) in [6.45, 7) is 21.8. The second-order valence-corrected chi connectivity index (χ2v) is 15.7. The first kappa shape index (κ1) is 33.3. The molecule has 6 aromatic carbocycles. The first-order chi connectivity index (χ1) is 24.7. The number of benzene rings is 6. The van der Waals surface area contributed by atoms with Crippen molar-refractivity contribution in [3.8, 4) is 22.5 Å². The monoisotopic (exact) mass is 689 g/mol. The lowest BCUT2D eigenvalue weighted by atomic mass is 9.86. The van der Waals surface area contributed by atoms with Crippen LogP contribution >= 0.6 is 0 Å². The third kappa shape index (κ3) is 5.18. The average Bonchev–Trinajstić information content (AvgIpc) is 3.62. The summed E-state index contributed by atoms with van der Waals surface area (Å²) in [7, 11) is 0. The third-order valence-electron chi connectivity index (χ3n) is 10.3. The summed E-state index contributed by atoms with van der Waals surface area (Å²) in [5, 5.41) is 4.00. The molecule has 0 atom stereocenters. The molecule has 2 aromatic heterocycles. The maximum atomic E-state index is 14.8. The summed E-state index contributed by atoms with van der Waals surface area (Å²) < 4.78 is 48.5. The topological polar surface area (TPSA) is 14.2 Å². The number of halogens is 3. The summed E-state index contributed by atoms with van der Waals surface area (Å²) in [4.78, 5) is 4.26. The van der Waals surface area contributed by atoms with E-state index in [1.165, 1.54) is 12.1 Å². The molecule has 52 heavy (non-hydrogen) atoms. The lowest BCUT2D eigenvalue weighted by Crippen LogP contribution is -2.11. The van der Waals surface area contributed by atoms with Gasteiger partial charge in [0, 0.05) is 21.5 Å². The Hall–Kier alpha value is -5.80. The van der Waals surface area contributed by atoms with Crippen LogP contribution in [-0.2, 0) is 17.0 Å². The molecule has 0 aliphatic heterocycles. The van der Waals surface area contributed by atoms with E-state index in [0.717, 1.165) is 60.8 Å². The van der Waals surface area contributed by atoms with Crippen LogP contribution < -0.4 is 0 Å². The molecule has 3 nitrogen and oxygen atoms in total. The van der Waals surface area contributed by atoms with Crippen LogP contribution in [0.5, 0.6) is 0 Å². The number of aromatic nitrogens is 2. The molecule has 0 bridgehead atoms. The number of rotatable bonds is 3. The molecule has 0 unspecified atom stereocenters. The number of hydrogen-bond acceptors (Lipinski definition) is 0. The predicted octanol–water partition coefficient (Wildman–Crippen LogP) is 13.7. The van der Waals surface area contributed by atoms with Gasteiger partial charge in [-0.3, -0.25) is 0 Å². The van der Waals surface area contributed by atoms with Gasteiger partial charge in [0.2, 0.25) is 5.69 Å². The third-order valence-corrected chi connectivity index (χ3v) is 10.3. The van der Waals surface area contributed by atoms with Gasteiger partial charge in [0.1, 0.15) is 0 Å². The molecule has 0 N–H and O–H groups in total. The summed E-state index contributed by atoms with van der Waals surface area (Å²) in [6.07, 6.45) is -4.61. The highest BCUT2D eigenvalue weighted by Crippen LogP contribution is 2.48. The van der Waals surface area contributed by atoms with Crippen molar-refractivity contribution in [2.45, 2.75) is 58.5 Å². The highest BCUT2D eigenvalue weighted by atomic mass is 19.4. The molecule has 0 saturated heterocycles. The van der Waals surface area contributed by atoms with Crippen LogP contribution in [0.2, 0.25) is 0 Å². The van der Waals surface area contributed by atoms with Crippen molar-refractivity contribution >= 4 is 49.3 Å². The molecule has 0 radical (unpaired) electrons. The van der Waals surface area contributed by atoms with Crippen LogP contribution in [0.4, 0.5) is 18.9 Å². The Kier molecular flexibility index (Phi) is 7.45. The van der Waals surface area contributed by atoms with Crippen molar-refractivity contribution in [3.63, 3.8) is 0 Å². The van der Waals surface area contributed by atoms with E-state index in [-0.39, 0.29) is 22.1 Å². The highest BCUT2D eigenvalue weighted by Gasteiger charge is 2.35. The maximum absolute atomic E-state index is 14.8. The van der Waals surface area contributed by atoms with Gasteiger partial charge >= 0.3 is 6.18 Å². The molecule has 0 aliphatic rings. The van der Waals surface area contributed by atoms with E-state index in [1.807, 2.05) is 53.1 Å². The Labute approximate surface area is 301 Å². The van der Waals surface area contributed by atoms with E-state index < -0.39 is 11.7 Å². The zero-order chi connectivity index (χ0) is 36.7. The van der Waals surface area contributed by atoms with Crippen molar-refractivity contribution in [1.82, 2.24) is 9.13 Å². The van der Waals surface area contributed by atoms with Gasteiger partial charge in [-0.1, -0.05) is 126 Å². The average molecular weight is 690 g/mol. The largest absolute Gasteiger partial charge is 0.417 e. The number of fused-ring (bicyclic) bond motifs is 6. The van der Waals surface area contributed by atoms with Crippen LogP contribution in [0.1, 0.15) is 58.2 Å². The summed E-state index contributed by atoms with van der Waals surface area (Å²) in [5.74, 6) is 0. The van der Waals surface area contributed by atoms with Gasteiger partial charge in [-0.25, -0.2) is 4.85 Å². The van der Waals surface area contributed by atoms with Gasteiger partial charge in [-0.2, -0.15) is 13.2 Å². The lowest BCUT2D eigenvalue weighted by Gasteiger charge is -2.23. The second-order valence-electron chi connectivity index (χ2n) is 15.7. The van der Waals surface area contributed by atoms with Crippen LogP contribution in [0.3, 0.4) is 0 Å². The predicted molar refractivity (Wildman–Crippen MR) is 209 cm³/mol. The smallest absolute Gasteiger partial charge is 0.319 e. The normalized spacial score (nSPS) is 12.7. The summed E-state index contributed by atoms with van der Waals surface area (Å²) in [6, 6.07) is 38.2. The first-order valence-electron chi connectivity index (χ1n) is 17.5. The van der Waals surface area contributed by atoms with E-state index in [4.69, 9.17) is 6.57 Å². The van der Waals surface area contributed by atoms with E-state index in [1.54, 1.807) is 12.1 Å². The fourth-order valence-electron chi connectivity index (χ4n) is 7.64. The van der Waals surface area contributed by atoms with Crippen molar-refractivity contribution in [1.29, 1.82) is 0 Å². The fourth-order valence-corrected chi connectivity index (χ4v) is 7.64. The molecule has 0 saturated carbocycles. The Bertz CT molecular complexity index is 2760. The zero-order valence-corrected chi connectivity index (χ0v) is 30.0. The number of nitrogens with zero attached hydrogens (tertiary/aromatic N) is 3. The van der Waals surface area contributed by atoms with Gasteiger partial charge in [0.05, 0.1) is 45.6 Å². The van der Waals surface area contributed by atoms with Gasteiger partial charge in [-0.05, 0) is 69.5 Å². The highest BCUT2D eigenvalue weighted by molar-refractivity contribution is 6.13. The van der Waals surface area contributed by atoms with Crippen LogP contribution in [0.15, 0.2) is 121 Å². The van der Waals surface area contributed by atoms with Gasteiger partial charge in [0.25, 0.3) is 0 Å². The van der Waals surface area contributed by atoms with Gasteiger partial charge in [-0.15, -0.1) is 0 Å². The van der Waals surface area contributed by atoms with E-state index in [2.05, 4.69) is 93.4 Å². The number of alkyl halides is 3. The molecule has 0 aliphatic carbocycles. The molecule has 0 amide bonds. The SMILES string of the molecule is [C-]#[N+]c1c(-n2c3ccccc3c3ccc(C(C)(C)C)cc32)ccc(-c2ccccc2C(F)(F)F)c1-n1c2ccccc2c2ccc(C(C)(C)C)cc21. The number of para-hydroxylation sites is 2. The fraction of sp³-hybridized carbons (Fsp3) is 0.196. The van der Waals surface area contributed by atoms with E-state index >= 15 is 0 Å². The van der Waals surface area contributed by atoms with Crippen molar-refractivity contribution in [3.05, 3.63) is 149 Å².